The molecule has 4 heteroatoms. The van der Waals surface area contributed by atoms with Crippen LogP contribution in [0.2, 0.25) is 0 Å². The topological polar surface area (TPSA) is 37.3 Å². The normalized spacial score (nSPS) is 18.4. The van der Waals surface area contributed by atoms with E-state index in [0.717, 1.165) is 30.6 Å². The number of para-hydroxylation sites is 1. The Morgan fingerprint density at radius 3 is 2.54 bits per heavy atom. The van der Waals surface area contributed by atoms with Crippen molar-refractivity contribution >= 4 is 5.91 Å². The van der Waals surface area contributed by atoms with E-state index in [2.05, 4.69) is 77.3 Å². The summed E-state index contributed by atoms with van der Waals surface area (Å²) in [4.78, 5) is 15.9. The Morgan fingerprint density at radius 1 is 1.00 bits per heavy atom. The second-order valence-corrected chi connectivity index (χ2v) is 10.6. The molecule has 0 bridgehead atoms. The highest BCUT2D eigenvalue weighted by molar-refractivity contribution is 5.98. The van der Waals surface area contributed by atoms with Gasteiger partial charge in [0.15, 0.2) is 0 Å². The molecule has 1 heterocycles. The van der Waals surface area contributed by atoms with Crippen molar-refractivity contribution in [3.8, 4) is 16.9 Å². The van der Waals surface area contributed by atoms with Crippen LogP contribution < -0.4 is 5.32 Å². The molecular weight excluding hydrogens is 430 g/mol. The van der Waals surface area contributed by atoms with Gasteiger partial charge in [-0.2, -0.15) is 0 Å². The van der Waals surface area contributed by atoms with Crippen LogP contribution in [0, 0.1) is 5.92 Å². The molecule has 1 atom stereocenters. The van der Waals surface area contributed by atoms with Gasteiger partial charge in [-0.15, -0.1) is 0 Å². The van der Waals surface area contributed by atoms with E-state index < -0.39 is 0 Å². The Labute approximate surface area is 210 Å². The Hall–Kier alpha value is -2.85. The molecule has 35 heavy (non-hydrogen) atoms. The fourth-order valence-corrected chi connectivity index (χ4v) is 6.01. The lowest BCUT2D eigenvalue weighted by Crippen LogP contribution is -2.39. The second kappa shape index (κ2) is 10.8. The smallest absolute Gasteiger partial charge is 0.253 e. The standard InChI is InChI=1S/C31H39N3O/c1-23-17-18-28-25(21-23)22-30(24-11-5-3-6-12-24)34(28)29-16-10-9-15-27(29)31(35)32-19-20-33(2)26-13-7-4-8-14-26/h3,5-6,9-12,15-16,22-23,26H,4,7-8,13-14,17-21H2,1-2H3,(H,32,35). The lowest BCUT2D eigenvalue weighted by molar-refractivity contribution is 0.0944. The van der Waals surface area contributed by atoms with Gasteiger partial charge in [0.2, 0.25) is 0 Å². The van der Waals surface area contributed by atoms with Gasteiger partial charge in [-0.05, 0) is 74.4 Å². The number of hydrogen-bond acceptors (Lipinski definition) is 2. The molecule has 1 saturated carbocycles. The lowest BCUT2D eigenvalue weighted by Gasteiger charge is -2.31. The van der Waals surface area contributed by atoms with Crippen LogP contribution in [0.15, 0.2) is 60.7 Å². The number of hydrogen-bond donors (Lipinski definition) is 1. The van der Waals surface area contributed by atoms with E-state index in [-0.39, 0.29) is 5.91 Å². The first-order valence-electron chi connectivity index (χ1n) is 13.5. The van der Waals surface area contributed by atoms with E-state index in [0.29, 0.717) is 18.5 Å². The van der Waals surface area contributed by atoms with Gasteiger partial charge in [-0.1, -0.05) is 68.7 Å². The molecule has 1 fully saturated rings. The summed E-state index contributed by atoms with van der Waals surface area (Å²) >= 11 is 0. The van der Waals surface area contributed by atoms with Gasteiger partial charge >= 0.3 is 0 Å². The molecule has 2 aliphatic carbocycles. The van der Waals surface area contributed by atoms with Crippen LogP contribution in [0.4, 0.5) is 0 Å². The minimum absolute atomic E-state index is 0.0169. The van der Waals surface area contributed by atoms with Gasteiger partial charge in [0.1, 0.15) is 0 Å². The van der Waals surface area contributed by atoms with Gasteiger partial charge in [0, 0.05) is 24.8 Å². The molecular formula is C31H39N3O. The van der Waals surface area contributed by atoms with E-state index in [4.69, 9.17) is 0 Å². The monoisotopic (exact) mass is 469 g/mol. The van der Waals surface area contributed by atoms with Crippen molar-refractivity contribution < 1.29 is 4.79 Å². The minimum Gasteiger partial charge on any atom is -0.351 e. The summed E-state index contributed by atoms with van der Waals surface area (Å²) in [5.74, 6) is 0.713. The summed E-state index contributed by atoms with van der Waals surface area (Å²) < 4.78 is 2.36. The molecule has 1 unspecified atom stereocenters. The zero-order valence-electron chi connectivity index (χ0n) is 21.3. The first-order valence-corrected chi connectivity index (χ1v) is 13.5. The lowest BCUT2D eigenvalue weighted by atomic mass is 9.89. The molecule has 2 aromatic carbocycles. The molecule has 0 spiro atoms. The van der Waals surface area contributed by atoms with Crippen molar-refractivity contribution in [2.24, 2.45) is 5.92 Å². The Bertz CT molecular complexity index is 1140. The van der Waals surface area contributed by atoms with Crippen molar-refractivity contribution in [1.29, 1.82) is 0 Å². The summed E-state index contributed by atoms with van der Waals surface area (Å²) in [7, 11) is 2.20. The van der Waals surface area contributed by atoms with Crippen molar-refractivity contribution in [1.82, 2.24) is 14.8 Å². The zero-order valence-corrected chi connectivity index (χ0v) is 21.3. The van der Waals surface area contributed by atoms with Crippen LogP contribution in [0.25, 0.3) is 16.9 Å². The number of fused-ring (bicyclic) bond motifs is 1. The number of aromatic nitrogens is 1. The highest BCUT2D eigenvalue weighted by atomic mass is 16.1. The molecule has 0 radical (unpaired) electrons. The molecule has 1 N–H and O–H groups in total. The summed E-state index contributed by atoms with van der Waals surface area (Å²) in [5, 5.41) is 3.22. The number of nitrogens with one attached hydrogen (secondary N) is 1. The Kier molecular flexibility index (Phi) is 7.38. The van der Waals surface area contributed by atoms with E-state index in [1.165, 1.54) is 61.0 Å². The number of nitrogens with zero attached hydrogens (tertiary/aromatic N) is 2. The van der Waals surface area contributed by atoms with Gasteiger partial charge in [0.05, 0.1) is 16.9 Å². The third-order valence-electron chi connectivity index (χ3n) is 8.04. The average Bonchev–Trinajstić information content (AvgIpc) is 3.28. The quantitative estimate of drug-likeness (QED) is 0.443. The molecule has 4 nitrogen and oxygen atoms in total. The third kappa shape index (κ3) is 5.23. The van der Waals surface area contributed by atoms with Crippen LogP contribution in [-0.4, -0.2) is 41.6 Å². The van der Waals surface area contributed by atoms with E-state index in [1.54, 1.807) is 0 Å². The van der Waals surface area contributed by atoms with E-state index in [9.17, 15) is 4.79 Å². The predicted octanol–water partition coefficient (Wildman–Crippen LogP) is 6.26. The fraction of sp³-hybridized carbons (Fsp3) is 0.452. The molecule has 184 valence electrons. The van der Waals surface area contributed by atoms with Crippen molar-refractivity contribution in [3.05, 3.63) is 77.5 Å². The number of rotatable bonds is 7. The molecule has 1 amide bonds. The maximum Gasteiger partial charge on any atom is 0.253 e. The first kappa shape index (κ1) is 23.9. The molecule has 0 aliphatic heterocycles. The molecule has 0 saturated heterocycles. The van der Waals surface area contributed by atoms with E-state index >= 15 is 0 Å². The van der Waals surface area contributed by atoms with Crippen LogP contribution in [0.1, 0.15) is 67.1 Å². The molecule has 2 aliphatic rings. The number of likely N-dealkylation sites (N-methyl/N-ethyl adjacent to an activating group) is 1. The highest BCUT2D eigenvalue weighted by Gasteiger charge is 2.25. The largest absolute Gasteiger partial charge is 0.351 e. The molecule has 1 aromatic heterocycles. The molecule has 5 rings (SSSR count). The number of carbonyl (C=O) groups is 1. The van der Waals surface area contributed by atoms with Crippen LogP contribution in [0.5, 0.6) is 0 Å². The SMILES string of the molecule is CC1CCc2c(cc(-c3ccccc3)n2-c2ccccc2C(=O)NCCN(C)C2CCCCC2)C1. The van der Waals surface area contributed by atoms with Crippen molar-refractivity contribution in [2.45, 2.75) is 64.3 Å². The van der Waals surface area contributed by atoms with Gasteiger partial charge in [-0.25, -0.2) is 0 Å². The second-order valence-electron chi connectivity index (χ2n) is 10.6. The third-order valence-corrected chi connectivity index (χ3v) is 8.04. The van der Waals surface area contributed by atoms with Gasteiger partial charge in [-0.3, -0.25) is 4.79 Å². The maximum absolute atomic E-state index is 13.4. The first-order chi connectivity index (χ1) is 17.1. The highest BCUT2D eigenvalue weighted by Crippen LogP contribution is 2.36. The van der Waals surface area contributed by atoms with E-state index in [1.807, 2.05) is 12.1 Å². The molecule has 3 aromatic rings. The Balaban J connectivity index is 1.41. The van der Waals surface area contributed by atoms with Crippen LogP contribution >= 0.6 is 0 Å². The van der Waals surface area contributed by atoms with Crippen LogP contribution in [-0.2, 0) is 12.8 Å². The van der Waals surface area contributed by atoms with Gasteiger partial charge < -0.3 is 14.8 Å². The fourth-order valence-electron chi connectivity index (χ4n) is 6.01. The van der Waals surface area contributed by atoms with Crippen molar-refractivity contribution in [2.75, 3.05) is 20.1 Å². The van der Waals surface area contributed by atoms with Crippen LogP contribution in [0.3, 0.4) is 0 Å². The summed E-state index contributed by atoms with van der Waals surface area (Å²) in [6, 6.07) is 21.7. The maximum atomic E-state index is 13.4. The predicted molar refractivity (Wildman–Crippen MR) is 144 cm³/mol. The number of carbonyl (C=O) groups excluding carboxylic acids is 1. The summed E-state index contributed by atoms with van der Waals surface area (Å²) in [6.45, 7) is 3.91. The zero-order chi connectivity index (χ0) is 24.2. The summed E-state index contributed by atoms with van der Waals surface area (Å²) in [6.07, 6.45) is 9.93. The summed E-state index contributed by atoms with van der Waals surface area (Å²) in [5.41, 5.74) is 6.90. The van der Waals surface area contributed by atoms with Gasteiger partial charge in [0.25, 0.3) is 5.91 Å². The number of benzene rings is 2. The number of amides is 1. The van der Waals surface area contributed by atoms with Crippen molar-refractivity contribution in [3.63, 3.8) is 0 Å². The Morgan fingerprint density at radius 2 is 1.74 bits per heavy atom. The minimum atomic E-state index is 0.0169. The average molecular weight is 470 g/mol.